The number of carbonyl (C=O) groups is 1. The van der Waals surface area contributed by atoms with E-state index >= 15 is 0 Å². The Balaban J connectivity index is 1.80. The van der Waals surface area contributed by atoms with Crippen molar-refractivity contribution in [3.8, 4) is 11.5 Å². The van der Waals surface area contributed by atoms with Crippen LogP contribution in [0.3, 0.4) is 0 Å². The molecule has 1 heterocycles. The molecule has 0 fully saturated rings. The fraction of sp³-hybridized carbons (Fsp3) is 0.300. The molecule has 1 unspecified atom stereocenters. The molecule has 0 aliphatic carbocycles. The maximum atomic E-state index is 12.1. The summed E-state index contributed by atoms with van der Waals surface area (Å²) in [5.41, 5.74) is 1.18. The van der Waals surface area contributed by atoms with Gasteiger partial charge in [-0.1, -0.05) is 12.1 Å². The lowest BCUT2D eigenvalue weighted by atomic mass is 10.1. The first kappa shape index (κ1) is 19.5. The lowest BCUT2D eigenvalue weighted by Gasteiger charge is -2.16. The fourth-order valence-electron chi connectivity index (χ4n) is 2.21. The Labute approximate surface area is 153 Å². The minimum atomic E-state index is -0.735. The monoisotopic (exact) mass is 356 g/mol. The minimum absolute atomic E-state index is 0.112. The molecule has 138 valence electrons. The first-order valence-corrected chi connectivity index (χ1v) is 8.49. The van der Waals surface area contributed by atoms with Gasteiger partial charge in [0.15, 0.2) is 17.3 Å². The van der Waals surface area contributed by atoms with Crippen LogP contribution in [0.2, 0.25) is 0 Å². The van der Waals surface area contributed by atoms with E-state index in [-0.39, 0.29) is 18.9 Å². The van der Waals surface area contributed by atoms with Gasteiger partial charge >= 0.3 is 0 Å². The number of hydrogen-bond acceptors (Lipinski definition) is 6. The van der Waals surface area contributed by atoms with Gasteiger partial charge in [0.1, 0.15) is 12.7 Å². The number of para-hydroxylation sites is 2. The van der Waals surface area contributed by atoms with Crippen molar-refractivity contribution in [2.45, 2.75) is 20.0 Å². The minimum Gasteiger partial charge on any atom is -0.490 e. The molecule has 0 spiro atoms. The van der Waals surface area contributed by atoms with E-state index in [2.05, 4.69) is 10.3 Å². The van der Waals surface area contributed by atoms with E-state index in [1.54, 1.807) is 31.3 Å². The van der Waals surface area contributed by atoms with Crippen molar-refractivity contribution >= 4 is 5.78 Å². The lowest BCUT2D eigenvalue weighted by Crippen LogP contribution is -2.30. The van der Waals surface area contributed by atoms with Crippen LogP contribution in [-0.2, 0) is 0 Å². The second-order valence-corrected chi connectivity index (χ2v) is 5.66. The van der Waals surface area contributed by atoms with Gasteiger partial charge in [0, 0.05) is 36.3 Å². The molecule has 26 heavy (non-hydrogen) atoms. The molecule has 6 heteroatoms. The molecule has 1 atom stereocenters. The average Bonchev–Trinajstić information content (AvgIpc) is 2.66. The molecule has 0 aliphatic heterocycles. The number of hydrogen-bond donors (Lipinski definition) is 2. The van der Waals surface area contributed by atoms with E-state index in [1.165, 1.54) is 12.3 Å². The molecule has 1 aromatic heterocycles. The smallest absolute Gasteiger partial charge is 0.189 e. The van der Waals surface area contributed by atoms with Crippen molar-refractivity contribution in [1.82, 2.24) is 10.3 Å². The number of benzene rings is 1. The number of aromatic nitrogens is 1. The van der Waals surface area contributed by atoms with Crippen LogP contribution < -0.4 is 14.8 Å². The third kappa shape index (κ3) is 6.22. The van der Waals surface area contributed by atoms with Crippen molar-refractivity contribution in [3.63, 3.8) is 0 Å². The van der Waals surface area contributed by atoms with Crippen LogP contribution in [0.25, 0.3) is 0 Å². The summed E-state index contributed by atoms with van der Waals surface area (Å²) in [5.74, 6) is 1.10. The van der Waals surface area contributed by atoms with Gasteiger partial charge < -0.3 is 19.9 Å². The number of ketones is 1. The van der Waals surface area contributed by atoms with Crippen LogP contribution in [0.5, 0.6) is 11.5 Å². The van der Waals surface area contributed by atoms with Gasteiger partial charge in [0.25, 0.3) is 0 Å². The molecule has 0 saturated carbocycles. The van der Waals surface area contributed by atoms with Crippen LogP contribution in [0.4, 0.5) is 0 Å². The van der Waals surface area contributed by atoms with Gasteiger partial charge in [-0.2, -0.15) is 0 Å². The summed E-state index contributed by atoms with van der Waals surface area (Å²) in [6.07, 6.45) is 3.88. The Hall–Kier alpha value is -2.86. The molecule has 1 aromatic carbocycles. The fourth-order valence-corrected chi connectivity index (χ4v) is 2.21. The van der Waals surface area contributed by atoms with Gasteiger partial charge in [0.05, 0.1) is 6.61 Å². The molecule has 0 saturated heterocycles. The zero-order chi connectivity index (χ0) is 18.8. The SMILES string of the molecule is CCOc1ccccc1OCC(O)CNC(C)=CC(=O)c1cccnc1. The van der Waals surface area contributed by atoms with E-state index in [9.17, 15) is 9.90 Å². The number of carbonyl (C=O) groups excluding carboxylic acids is 1. The van der Waals surface area contributed by atoms with Gasteiger partial charge in [0.2, 0.25) is 0 Å². The second kappa shape index (κ2) is 10.2. The standard InChI is InChI=1S/C20H24N2O4/c1-3-25-19-8-4-5-9-20(19)26-14-17(23)13-22-15(2)11-18(24)16-7-6-10-21-12-16/h4-12,17,22-23H,3,13-14H2,1-2H3. The first-order valence-electron chi connectivity index (χ1n) is 8.49. The zero-order valence-electron chi connectivity index (χ0n) is 15.0. The highest BCUT2D eigenvalue weighted by atomic mass is 16.5. The Morgan fingerprint density at radius 2 is 1.96 bits per heavy atom. The summed E-state index contributed by atoms with van der Waals surface area (Å²) in [6.45, 7) is 4.59. The number of ether oxygens (including phenoxy) is 2. The van der Waals surface area contributed by atoms with E-state index in [4.69, 9.17) is 9.47 Å². The third-order valence-corrected chi connectivity index (χ3v) is 3.49. The molecule has 0 bridgehead atoms. The van der Waals surface area contributed by atoms with Crippen molar-refractivity contribution in [1.29, 1.82) is 0 Å². The Morgan fingerprint density at radius 1 is 1.23 bits per heavy atom. The molecule has 6 nitrogen and oxygen atoms in total. The van der Waals surface area contributed by atoms with Gasteiger partial charge in [-0.05, 0) is 38.1 Å². The second-order valence-electron chi connectivity index (χ2n) is 5.66. The molecule has 2 aromatic rings. The normalized spacial score (nSPS) is 12.3. The highest BCUT2D eigenvalue weighted by Crippen LogP contribution is 2.26. The van der Waals surface area contributed by atoms with E-state index in [0.29, 0.717) is 29.4 Å². The number of aliphatic hydroxyl groups excluding tert-OH is 1. The Bertz CT molecular complexity index is 732. The van der Waals surface area contributed by atoms with Crippen LogP contribution in [0, 0.1) is 0 Å². The molecule has 0 aliphatic rings. The number of nitrogens with one attached hydrogen (secondary N) is 1. The summed E-state index contributed by atoms with van der Waals surface area (Å²) < 4.78 is 11.1. The van der Waals surface area contributed by atoms with E-state index in [0.717, 1.165) is 0 Å². The molecular formula is C20H24N2O4. The third-order valence-electron chi connectivity index (χ3n) is 3.49. The predicted molar refractivity (Wildman–Crippen MR) is 99.4 cm³/mol. The molecule has 2 N–H and O–H groups in total. The average molecular weight is 356 g/mol. The summed E-state index contributed by atoms with van der Waals surface area (Å²) >= 11 is 0. The lowest BCUT2D eigenvalue weighted by molar-refractivity contribution is 0.103. The van der Waals surface area contributed by atoms with Crippen molar-refractivity contribution < 1.29 is 19.4 Å². The van der Waals surface area contributed by atoms with Gasteiger partial charge in [-0.3, -0.25) is 9.78 Å². The summed E-state index contributed by atoms with van der Waals surface area (Å²) in [4.78, 5) is 16.0. The van der Waals surface area contributed by atoms with Crippen LogP contribution >= 0.6 is 0 Å². The highest BCUT2D eigenvalue weighted by Gasteiger charge is 2.09. The molecule has 0 amide bonds. The number of aliphatic hydroxyl groups is 1. The van der Waals surface area contributed by atoms with Crippen molar-refractivity contribution in [2.75, 3.05) is 19.8 Å². The maximum Gasteiger partial charge on any atom is 0.189 e. The van der Waals surface area contributed by atoms with Crippen molar-refractivity contribution in [3.05, 3.63) is 66.1 Å². The van der Waals surface area contributed by atoms with E-state index in [1.807, 2.05) is 25.1 Å². The van der Waals surface area contributed by atoms with Crippen molar-refractivity contribution in [2.24, 2.45) is 0 Å². The zero-order valence-corrected chi connectivity index (χ0v) is 15.0. The predicted octanol–water partition coefficient (Wildman–Crippen LogP) is 2.60. The largest absolute Gasteiger partial charge is 0.490 e. The molecular weight excluding hydrogens is 332 g/mol. The number of allylic oxidation sites excluding steroid dienone is 2. The number of rotatable bonds is 10. The maximum absolute atomic E-state index is 12.1. The summed E-state index contributed by atoms with van der Waals surface area (Å²) in [5, 5.41) is 13.1. The number of nitrogens with zero attached hydrogens (tertiary/aromatic N) is 1. The van der Waals surface area contributed by atoms with Gasteiger partial charge in [-0.15, -0.1) is 0 Å². The number of pyridine rings is 1. The van der Waals surface area contributed by atoms with Gasteiger partial charge in [-0.25, -0.2) is 0 Å². The quantitative estimate of drug-likeness (QED) is 0.503. The topological polar surface area (TPSA) is 80.7 Å². The Kier molecular flexibility index (Phi) is 7.64. The summed E-state index contributed by atoms with van der Waals surface area (Å²) in [6, 6.07) is 10.7. The van der Waals surface area contributed by atoms with Crippen LogP contribution in [0.15, 0.2) is 60.6 Å². The van der Waals surface area contributed by atoms with E-state index < -0.39 is 6.10 Å². The van der Waals surface area contributed by atoms with Crippen LogP contribution in [-0.4, -0.2) is 41.7 Å². The molecule has 0 radical (unpaired) electrons. The highest BCUT2D eigenvalue weighted by molar-refractivity contribution is 6.04. The Morgan fingerprint density at radius 3 is 2.62 bits per heavy atom. The first-order chi connectivity index (χ1) is 12.6. The molecule has 2 rings (SSSR count). The summed E-state index contributed by atoms with van der Waals surface area (Å²) in [7, 11) is 0. The van der Waals surface area contributed by atoms with Crippen LogP contribution in [0.1, 0.15) is 24.2 Å².